The van der Waals surface area contributed by atoms with Crippen molar-refractivity contribution in [2.45, 2.75) is 46.5 Å². The molecule has 1 aromatic heterocycles. The summed E-state index contributed by atoms with van der Waals surface area (Å²) in [5, 5.41) is 6.26. The highest BCUT2D eigenvalue weighted by Crippen LogP contribution is 2.25. The van der Waals surface area contributed by atoms with Crippen molar-refractivity contribution in [3.8, 4) is 0 Å². The summed E-state index contributed by atoms with van der Waals surface area (Å²) in [5.41, 5.74) is 4.54. The summed E-state index contributed by atoms with van der Waals surface area (Å²) in [5.74, 6) is 0.615. The van der Waals surface area contributed by atoms with E-state index < -0.39 is 0 Å². The number of anilines is 3. The molecule has 0 radical (unpaired) electrons. The minimum absolute atomic E-state index is 0.0206. The van der Waals surface area contributed by atoms with Crippen LogP contribution in [0.4, 0.5) is 17.2 Å². The van der Waals surface area contributed by atoms with Crippen molar-refractivity contribution in [3.63, 3.8) is 0 Å². The van der Waals surface area contributed by atoms with Gasteiger partial charge in [0.05, 0.1) is 11.9 Å². The second-order valence-electron chi connectivity index (χ2n) is 5.67. The summed E-state index contributed by atoms with van der Waals surface area (Å²) >= 11 is 0. The number of hydrogen-bond donors (Lipinski definition) is 2. The van der Waals surface area contributed by atoms with Gasteiger partial charge in [-0.05, 0) is 43.0 Å². The molecule has 0 aliphatic carbocycles. The van der Waals surface area contributed by atoms with Gasteiger partial charge < -0.3 is 10.6 Å². The highest BCUT2D eigenvalue weighted by molar-refractivity contribution is 5.89. The quantitative estimate of drug-likeness (QED) is 0.770. The minimum Gasteiger partial charge on any atom is -0.354 e. The fraction of sp³-hybridized carbons (Fsp3) is 0.368. The number of unbranched alkanes of at least 4 members (excludes halogenated alkanes) is 1. The summed E-state index contributed by atoms with van der Waals surface area (Å²) in [6.45, 7) is 6.31. The molecule has 23 heavy (non-hydrogen) atoms. The maximum atomic E-state index is 11.7. The Balaban J connectivity index is 2.05. The molecule has 2 aromatic rings. The Morgan fingerprint density at radius 3 is 2.65 bits per heavy atom. The van der Waals surface area contributed by atoms with Crippen LogP contribution in [-0.4, -0.2) is 10.9 Å². The second-order valence-corrected chi connectivity index (χ2v) is 5.67. The molecule has 0 unspecified atom stereocenters. The van der Waals surface area contributed by atoms with Crippen LogP contribution in [0.5, 0.6) is 0 Å². The molecule has 0 saturated heterocycles. The van der Waals surface area contributed by atoms with Crippen LogP contribution in [0.3, 0.4) is 0 Å². The average molecular weight is 311 g/mol. The molecular formula is C19H25N3O. The van der Waals surface area contributed by atoms with Gasteiger partial charge in [0.15, 0.2) is 0 Å². The van der Waals surface area contributed by atoms with Gasteiger partial charge in [-0.3, -0.25) is 4.79 Å². The number of para-hydroxylation sites is 1. The van der Waals surface area contributed by atoms with E-state index in [2.05, 4.69) is 54.6 Å². The van der Waals surface area contributed by atoms with Crippen molar-refractivity contribution >= 4 is 23.1 Å². The Bertz CT molecular complexity index is 650. The van der Waals surface area contributed by atoms with Crippen molar-refractivity contribution in [2.75, 3.05) is 10.6 Å². The molecule has 4 nitrogen and oxygen atoms in total. The molecular weight excluding hydrogens is 286 g/mol. The summed E-state index contributed by atoms with van der Waals surface area (Å²) in [6, 6.07) is 10.1. The molecule has 1 aromatic carbocycles. The van der Waals surface area contributed by atoms with Crippen molar-refractivity contribution < 1.29 is 4.79 Å². The number of aryl methyl sites for hydroxylation is 2. The molecule has 0 saturated carbocycles. The third-order valence-corrected chi connectivity index (χ3v) is 3.80. The van der Waals surface area contributed by atoms with Crippen molar-refractivity contribution in [2.24, 2.45) is 0 Å². The number of rotatable bonds is 7. The lowest BCUT2D eigenvalue weighted by Crippen LogP contribution is -2.12. The minimum atomic E-state index is 0.0206. The number of pyridine rings is 1. The highest BCUT2D eigenvalue weighted by Gasteiger charge is 2.06. The Morgan fingerprint density at radius 2 is 2.00 bits per heavy atom. The van der Waals surface area contributed by atoms with Crippen LogP contribution in [0.15, 0.2) is 36.5 Å². The SMILES string of the molecule is CCCCC(=O)Nc1ccc(Nc2c(C)cccc2CC)cn1. The predicted octanol–water partition coefficient (Wildman–Crippen LogP) is 4.82. The van der Waals surface area contributed by atoms with E-state index in [-0.39, 0.29) is 5.91 Å². The lowest BCUT2D eigenvalue weighted by Gasteiger charge is -2.14. The molecule has 0 spiro atoms. The Labute approximate surface area is 138 Å². The third kappa shape index (κ3) is 4.81. The van der Waals surface area contributed by atoms with E-state index >= 15 is 0 Å². The van der Waals surface area contributed by atoms with Crippen molar-refractivity contribution in [1.82, 2.24) is 4.98 Å². The first-order valence-corrected chi connectivity index (χ1v) is 8.25. The van der Waals surface area contributed by atoms with Crippen LogP contribution in [0, 0.1) is 6.92 Å². The van der Waals surface area contributed by atoms with Gasteiger partial charge in [0.2, 0.25) is 5.91 Å². The van der Waals surface area contributed by atoms with E-state index in [9.17, 15) is 4.79 Å². The summed E-state index contributed by atoms with van der Waals surface area (Å²) < 4.78 is 0. The van der Waals surface area contributed by atoms with Crippen LogP contribution in [0.25, 0.3) is 0 Å². The van der Waals surface area contributed by atoms with E-state index in [1.807, 2.05) is 12.1 Å². The number of benzene rings is 1. The molecule has 0 atom stereocenters. The molecule has 2 rings (SSSR count). The molecule has 0 bridgehead atoms. The zero-order valence-corrected chi connectivity index (χ0v) is 14.1. The fourth-order valence-corrected chi connectivity index (χ4v) is 2.43. The van der Waals surface area contributed by atoms with Gasteiger partial charge in [-0.2, -0.15) is 0 Å². The van der Waals surface area contributed by atoms with Gasteiger partial charge in [-0.15, -0.1) is 0 Å². The number of carbonyl (C=O) groups excluding carboxylic acids is 1. The lowest BCUT2D eigenvalue weighted by atomic mass is 10.1. The number of hydrogen-bond acceptors (Lipinski definition) is 3. The number of carbonyl (C=O) groups is 1. The number of nitrogens with one attached hydrogen (secondary N) is 2. The predicted molar refractivity (Wildman–Crippen MR) is 96.2 cm³/mol. The first-order valence-electron chi connectivity index (χ1n) is 8.25. The van der Waals surface area contributed by atoms with Gasteiger partial charge >= 0.3 is 0 Å². The van der Waals surface area contributed by atoms with Crippen molar-refractivity contribution in [1.29, 1.82) is 0 Å². The van der Waals surface area contributed by atoms with E-state index in [1.54, 1.807) is 6.20 Å². The first-order chi connectivity index (χ1) is 11.1. The number of amides is 1. The zero-order valence-electron chi connectivity index (χ0n) is 14.1. The van der Waals surface area contributed by atoms with Gasteiger partial charge in [0.25, 0.3) is 0 Å². The van der Waals surface area contributed by atoms with Gasteiger partial charge in [0.1, 0.15) is 5.82 Å². The molecule has 0 aliphatic heterocycles. The van der Waals surface area contributed by atoms with Crippen LogP contribution >= 0.6 is 0 Å². The summed E-state index contributed by atoms with van der Waals surface area (Å²) in [7, 11) is 0. The average Bonchev–Trinajstić information content (AvgIpc) is 2.56. The Kier molecular flexibility index (Phi) is 6.15. The summed E-state index contributed by atoms with van der Waals surface area (Å²) in [4.78, 5) is 16.0. The third-order valence-electron chi connectivity index (χ3n) is 3.80. The van der Waals surface area contributed by atoms with Gasteiger partial charge in [-0.1, -0.05) is 38.5 Å². The summed E-state index contributed by atoms with van der Waals surface area (Å²) in [6.07, 6.45) is 5.18. The van der Waals surface area contributed by atoms with Crippen LogP contribution in [-0.2, 0) is 11.2 Å². The monoisotopic (exact) mass is 311 g/mol. The topological polar surface area (TPSA) is 54.0 Å². The van der Waals surface area contributed by atoms with E-state index in [0.29, 0.717) is 12.2 Å². The largest absolute Gasteiger partial charge is 0.354 e. The normalized spacial score (nSPS) is 10.4. The zero-order chi connectivity index (χ0) is 16.7. The van der Waals surface area contributed by atoms with Crippen LogP contribution in [0.2, 0.25) is 0 Å². The van der Waals surface area contributed by atoms with Crippen molar-refractivity contribution in [3.05, 3.63) is 47.7 Å². The molecule has 2 N–H and O–H groups in total. The van der Waals surface area contributed by atoms with Crippen LogP contribution < -0.4 is 10.6 Å². The maximum Gasteiger partial charge on any atom is 0.225 e. The second kappa shape index (κ2) is 8.32. The van der Waals surface area contributed by atoms with Gasteiger partial charge in [0, 0.05) is 12.1 Å². The molecule has 0 aliphatic rings. The standard InChI is InChI=1S/C19H25N3O/c1-4-6-10-18(23)22-17-12-11-16(13-20-17)21-19-14(3)8-7-9-15(19)5-2/h7-9,11-13,21H,4-6,10H2,1-3H3,(H,20,22,23). The number of nitrogens with zero attached hydrogens (tertiary/aromatic N) is 1. The molecule has 0 fully saturated rings. The lowest BCUT2D eigenvalue weighted by molar-refractivity contribution is -0.116. The molecule has 4 heteroatoms. The first kappa shape index (κ1) is 17.0. The maximum absolute atomic E-state index is 11.7. The van der Waals surface area contributed by atoms with E-state index in [1.165, 1.54) is 11.1 Å². The molecule has 122 valence electrons. The van der Waals surface area contributed by atoms with E-state index in [4.69, 9.17) is 0 Å². The van der Waals surface area contributed by atoms with Gasteiger partial charge in [-0.25, -0.2) is 4.98 Å². The highest BCUT2D eigenvalue weighted by atomic mass is 16.1. The Hall–Kier alpha value is -2.36. The fourth-order valence-electron chi connectivity index (χ4n) is 2.43. The van der Waals surface area contributed by atoms with Crippen LogP contribution in [0.1, 0.15) is 44.2 Å². The molecule has 1 heterocycles. The molecule has 1 amide bonds. The smallest absolute Gasteiger partial charge is 0.225 e. The van der Waals surface area contributed by atoms with E-state index in [0.717, 1.165) is 30.6 Å². The Morgan fingerprint density at radius 1 is 1.17 bits per heavy atom. The number of aromatic nitrogens is 1.